The minimum atomic E-state index is -3.86. The molecule has 0 aliphatic carbocycles. The van der Waals surface area contributed by atoms with Crippen LogP contribution in [0.15, 0.2) is 23.1 Å². The summed E-state index contributed by atoms with van der Waals surface area (Å²) in [5, 5.41) is 0. The van der Waals surface area contributed by atoms with Crippen LogP contribution in [0.5, 0.6) is 0 Å². The van der Waals surface area contributed by atoms with Gasteiger partial charge in [0.1, 0.15) is 10.7 Å². The first-order chi connectivity index (χ1) is 8.01. The van der Waals surface area contributed by atoms with Gasteiger partial charge in [0.25, 0.3) is 0 Å². The highest BCUT2D eigenvalue weighted by Crippen LogP contribution is 2.17. The van der Waals surface area contributed by atoms with Gasteiger partial charge in [0, 0.05) is 19.5 Å². The van der Waals surface area contributed by atoms with Crippen LogP contribution in [-0.2, 0) is 20.6 Å². The van der Waals surface area contributed by atoms with Gasteiger partial charge in [-0.05, 0) is 17.7 Å². The van der Waals surface area contributed by atoms with Crippen molar-refractivity contribution in [3.8, 4) is 0 Å². The van der Waals surface area contributed by atoms with Crippen molar-refractivity contribution >= 4 is 21.6 Å². The first-order valence-electron chi connectivity index (χ1n) is 4.84. The van der Waals surface area contributed by atoms with Crippen LogP contribution < -0.4 is 4.72 Å². The van der Waals surface area contributed by atoms with Crippen LogP contribution >= 0.6 is 11.6 Å². The van der Waals surface area contributed by atoms with Gasteiger partial charge in [-0.1, -0.05) is 6.07 Å². The predicted octanol–water partition coefficient (Wildman–Crippen LogP) is 1.49. The Bertz CT molecular complexity index is 478. The molecule has 17 heavy (non-hydrogen) atoms. The summed E-state index contributed by atoms with van der Waals surface area (Å²) in [5.41, 5.74) is 0.542. The van der Waals surface area contributed by atoms with Gasteiger partial charge >= 0.3 is 0 Å². The molecule has 96 valence electrons. The lowest BCUT2D eigenvalue weighted by molar-refractivity contribution is 0.204. The molecule has 7 heteroatoms. The zero-order valence-corrected chi connectivity index (χ0v) is 10.8. The zero-order valence-electron chi connectivity index (χ0n) is 9.24. The fourth-order valence-corrected chi connectivity index (χ4v) is 2.50. The van der Waals surface area contributed by atoms with E-state index in [1.54, 1.807) is 0 Å². The van der Waals surface area contributed by atoms with Gasteiger partial charge in [-0.15, -0.1) is 11.6 Å². The maximum Gasteiger partial charge on any atom is 0.243 e. The topological polar surface area (TPSA) is 55.4 Å². The van der Waals surface area contributed by atoms with Crippen LogP contribution in [0.3, 0.4) is 0 Å². The minimum Gasteiger partial charge on any atom is -0.383 e. The van der Waals surface area contributed by atoms with E-state index in [2.05, 4.69) is 4.72 Å². The van der Waals surface area contributed by atoms with Gasteiger partial charge in [-0.2, -0.15) is 0 Å². The van der Waals surface area contributed by atoms with E-state index >= 15 is 0 Å². The second-order valence-electron chi connectivity index (χ2n) is 3.29. The van der Waals surface area contributed by atoms with Crippen molar-refractivity contribution in [3.63, 3.8) is 0 Å². The normalized spacial score (nSPS) is 11.7. The van der Waals surface area contributed by atoms with Crippen molar-refractivity contribution < 1.29 is 17.5 Å². The Balaban J connectivity index is 2.97. The maximum atomic E-state index is 13.4. The zero-order chi connectivity index (χ0) is 12.9. The molecule has 4 nitrogen and oxygen atoms in total. The number of rotatable bonds is 6. The molecule has 0 unspecified atom stereocenters. The first kappa shape index (κ1) is 14.4. The van der Waals surface area contributed by atoms with Crippen molar-refractivity contribution in [2.75, 3.05) is 20.3 Å². The molecule has 0 spiro atoms. The number of ether oxygens (including phenoxy) is 1. The van der Waals surface area contributed by atoms with E-state index < -0.39 is 20.7 Å². The van der Waals surface area contributed by atoms with Crippen LogP contribution in [-0.4, -0.2) is 28.7 Å². The number of hydrogen-bond donors (Lipinski definition) is 1. The SMILES string of the molecule is COCCNS(=O)(=O)c1cc(CCl)ccc1F. The number of halogens is 2. The minimum absolute atomic E-state index is 0.0867. The smallest absolute Gasteiger partial charge is 0.243 e. The third kappa shape index (κ3) is 3.92. The standard InChI is InChI=1S/C10H13ClFNO3S/c1-16-5-4-13-17(14,15)10-6-8(7-11)2-3-9(10)12/h2-3,6,13H,4-5,7H2,1H3. The van der Waals surface area contributed by atoms with E-state index in [0.717, 1.165) is 6.07 Å². The number of hydrogen-bond acceptors (Lipinski definition) is 3. The predicted molar refractivity (Wildman–Crippen MR) is 63.0 cm³/mol. The first-order valence-corrected chi connectivity index (χ1v) is 6.86. The molecule has 1 aromatic carbocycles. The van der Waals surface area contributed by atoms with Gasteiger partial charge in [0.2, 0.25) is 10.0 Å². The summed E-state index contributed by atoms with van der Waals surface area (Å²) in [6, 6.07) is 3.75. The summed E-state index contributed by atoms with van der Waals surface area (Å²) < 4.78 is 43.8. The third-order valence-electron chi connectivity index (χ3n) is 2.04. The summed E-state index contributed by atoms with van der Waals surface area (Å²) in [7, 11) is -2.41. The van der Waals surface area contributed by atoms with Crippen molar-refractivity contribution in [1.29, 1.82) is 0 Å². The van der Waals surface area contributed by atoms with Gasteiger partial charge < -0.3 is 4.74 Å². The third-order valence-corrected chi connectivity index (χ3v) is 3.82. The highest BCUT2D eigenvalue weighted by molar-refractivity contribution is 7.89. The molecule has 0 saturated carbocycles. The lowest BCUT2D eigenvalue weighted by Gasteiger charge is -2.08. The second-order valence-corrected chi connectivity index (χ2v) is 5.29. The van der Waals surface area contributed by atoms with Gasteiger partial charge in [0.05, 0.1) is 6.61 Å². The van der Waals surface area contributed by atoms with Crippen molar-refractivity contribution in [3.05, 3.63) is 29.6 Å². The Morgan fingerprint density at radius 1 is 1.47 bits per heavy atom. The fraction of sp³-hybridized carbons (Fsp3) is 0.400. The van der Waals surface area contributed by atoms with Gasteiger partial charge in [-0.25, -0.2) is 17.5 Å². The van der Waals surface area contributed by atoms with E-state index in [0.29, 0.717) is 5.56 Å². The highest BCUT2D eigenvalue weighted by atomic mass is 35.5. The van der Waals surface area contributed by atoms with Crippen LogP contribution in [0.25, 0.3) is 0 Å². The van der Waals surface area contributed by atoms with Crippen molar-refractivity contribution in [2.45, 2.75) is 10.8 Å². The Morgan fingerprint density at radius 3 is 2.76 bits per heavy atom. The quantitative estimate of drug-likeness (QED) is 0.635. The number of sulfonamides is 1. The number of methoxy groups -OCH3 is 1. The maximum absolute atomic E-state index is 13.4. The molecule has 0 amide bonds. The molecule has 1 aromatic rings. The number of nitrogens with one attached hydrogen (secondary N) is 1. The Labute approximate surface area is 105 Å². The molecule has 0 radical (unpaired) electrons. The molecule has 0 aliphatic rings. The van der Waals surface area contributed by atoms with E-state index in [1.165, 1.54) is 19.2 Å². The Kier molecular flexibility index (Phi) is 5.32. The summed E-state index contributed by atoms with van der Waals surface area (Å²) in [6.07, 6.45) is 0. The molecule has 0 fully saturated rings. The van der Waals surface area contributed by atoms with E-state index in [1.807, 2.05) is 0 Å². The largest absolute Gasteiger partial charge is 0.383 e. The lowest BCUT2D eigenvalue weighted by Crippen LogP contribution is -2.28. The molecule has 0 atom stereocenters. The summed E-state index contributed by atoms with van der Waals surface area (Å²) in [6.45, 7) is 0.305. The molecular weight excluding hydrogens is 269 g/mol. The number of benzene rings is 1. The highest BCUT2D eigenvalue weighted by Gasteiger charge is 2.18. The van der Waals surface area contributed by atoms with Crippen LogP contribution in [0.4, 0.5) is 4.39 Å². The molecule has 0 aliphatic heterocycles. The monoisotopic (exact) mass is 281 g/mol. The molecule has 0 bridgehead atoms. The Morgan fingerprint density at radius 2 is 2.18 bits per heavy atom. The molecule has 0 heterocycles. The van der Waals surface area contributed by atoms with E-state index in [9.17, 15) is 12.8 Å². The van der Waals surface area contributed by atoms with Crippen molar-refractivity contribution in [2.24, 2.45) is 0 Å². The average Bonchev–Trinajstić information content (AvgIpc) is 2.29. The fourth-order valence-electron chi connectivity index (χ4n) is 1.19. The van der Waals surface area contributed by atoms with E-state index in [4.69, 9.17) is 16.3 Å². The summed E-state index contributed by atoms with van der Waals surface area (Å²) >= 11 is 5.57. The van der Waals surface area contributed by atoms with Gasteiger partial charge in [-0.3, -0.25) is 0 Å². The molecule has 0 saturated heterocycles. The second kappa shape index (κ2) is 6.30. The molecule has 1 N–H and O–H groups in total. The molecule has 0 aromatic heterocycles. The van der Waals surface area contributed by atoms with Crippen LogP contribution in [0.1, 0.15) is 5.56 Å². The van der Waals surface area contributed by atoms with E-state index in [-0.39, 0.29) is 19.0 Å². The van der Waals surface area contributed by atoms with Crippen molar-refractivity contribution in [1.82, 2.24) is 4.72 Å². The summed E-state index contributed by atoms with van der Waals surface area (Å²) in [5.74, 6) is -0.676. The van der Waals surface area contributed by atoms with Crippen LogP contribution in [0.2, 0.25) is 0 Å². The van der Waals surface area contributed by atoms with Crippen LogP contribution in [0, 0.1) is 5.82 Å². The molecular formula is C10H13ClFNO3S. The Hall–Kier alpha value is -0.690. The lowest BCUT2D eigenvalue weighted by atomic mass is 10.2. The van der Waals surface area contributed by atoms with Gasteiger partial charge in [0.15, 0.2) is 0 Å². The number of alkyl halides is 1. The molecule has 1 rings (SSSR count). The average molecular weight is 282 g/mol. The summed E-state index contributed by atoms with van der Waals surface area (Å²) in [4.78, 5) is -0.397.